The summed E-state index contributed by atoms with van der Waals surface area (Å²) in [6.07, 6.45) is 4.28. The van der Waals surface area contributed by atoms with E-state index in [0.29, 0.717) is 0 Å². The lowest BCUT2D eigenvalue weighted by atomic mass is 10.1. The molecule has 0 bridgehead atoms. The molecule has 0 aromatic heterocycles. The fourth-order valence-corrected chi connectivity index (χ4v) is 1.65. The maximum absolute atomic E-state index is 11.8. The van der Waals surface area contributed by atoms with E-state index in [4.69, 9.17) is 0 Å². The van der Waals surface area contributed by atoms with Crippen LogP contribution in [0.25, 0.3) is 0 Å². The molecule has 2 nitrogen and oxygen atoms in total. The number of hydrogen-bond donors (Lipinski definition) is 0. The number of unbranched alkanes of at least 4 members (excludes halogenated alkanes) is 5. The Morgan fingerprint density at radius 1 is 1.11 bits per heavy atom. The molecule has 0 fully saturated rings. The SMILES string of the molecule is CCCCCCCC/C(C)=C/C(=O)OCC(F)(F)F. The highest BCUT2D eigenvalue weighted by atomic mass is 19.4. The van der Waals surface area contributed by atoms with Crippen molar-refractivity contribution in [2.75, 3.05) is 6.61 Å². The lowest BCUT2D eigenvalue weighted by Gasteiger charge is -2.06. The van der Waals surface area contributed by atoms with Gasteiger partial charge in [-0.15, -0.1) is 0 Å². The Labute approximate surface area is 113 Å². The van der Waals surface area contributed by atoms with Crippen LogP contribution in [0.5, 0.6) is 0 Å². The van der Waals surface area contributed by atoms with E-state index in [1.54, 1.807) is 6.92 Å². The molecule has 0 atom stereocenters. The summed E-state index contributed by atoms with van der Waals surface area (Å²) in [5, 5.41) is 0. The average molecular weight is 280 g/mol. The van der Waals surface area contributed by atoms with Crippen molar-refractivity contribution < 1.29 is 22.7 Å². The largest absolute Gasteiger partial charge is 0.453 e. The number of carbonyl (C=O) groups excluding carboxylic acids is 1. The van der Waals surface area contributed by atoms with Gasteiger partial charge in [0.25, 0.3) is 0 Å². The number of halogens is 3. The van der Waals surface area contributed by atoms with E-state index < -0.39 is 18.8 Å². The van der Waals surface area contributed by atoms with E-state index in [1.807, 2.05) is 0 Å². The summed E-state index contributed by atoms with van der Waals surface area (Å²) in [6, 6.07) is 0. The van der Waals surface area contributed by atoms with Crippen LogP contribution in [0.1, 0.15) is 58.8 Å². The minimum absolute atomic E-state index is 0.729. The Bertz CT molecular complexity index is 283. The highest BCUT2D eigenvalue weighted by molar-refractivity contribution is 5.82. The van der Waals surface area contributed by atoms with Gasteiger partial charge in [0, 0.05) is 6.08 Å². The molecule has 0 amide bonds. The van der Waals surface area contributed by atoms with Gasteiger partial charge in [0.15, 0.2) is 6.61 Å². The van der Waals surface area contributed by atoms with Crippen LogP contribution in [0, 0.1) is 0 Å². The Hall–Kier alpha value is -1.00. The van der Waals surface area contributed by atoms with Crippen LogP contribution < -0.4 is 0 Å². The fourth-order valence-electron chi connectivity index (χ4n) is 1.65. The molecule has 5 heteroatoms. The van der Waals surface area contributed by atoms with E-state index >= 15 is 0 Å². The molecule has 19 heavy (non-hydrogen) atoms. The topological polar surface area (TPSA) is 26.3 Å². The monoisotopic (exact) mass is 280 g/mol. The summed E-state index contributed by atoms with van der Waals surface area (Å²) in [4.78, 5) is 11.1. The second-order valence-electron chi connectivity index (χ2n) is 4.73. The van der Waals surface area contributed by atoms with Crippen LogP contribution in [-0.2, 0) is 9.53 Å². The Kier molecular flexibility index (Phi) is 9.35. The first-order valence-electron chi connectivity index (χ1n) is 6.76. The van der Waals surface area contributed by atoms with Gasteiger partial charge >= 0.3 is 12.1 Å². The van der Waals surface area contributed by atoms with Crippen molar-refractivity contribution in [2.24, 2.45) is 0 Å². The summed E-state index contributed by atoms with van der Waals surface area (Å²) in [5.74, 6) is -0.916. The molecule has 0 saturated heterocycles. The van der Waals surface area contributed by atoms with Gasteiger partial charge in [0.1, 0.15) is 0 Å². The number of hydrogen-bond acceptors (Lipinski definition) is 2. The zero-order valence-electron chi connectivity index (χ0n) is 11.7. The van der Waals surface area contributed by atoms with E-state index in [1.165, 1.54) is 25.7 Å². The molecule has 0 N–H and O–H groups in total. The number of ether oxygens (including phenoxy) is 1. The summed E-state index contributed by atoms with van der Waals surface area (Å²) < 4.78 is 39.5. The van der Waals surface area contributed by atoms with Crippen LogP contribution in [0.15, 0.2) is 11.6 Å². The van der Waals surface area contributed by atoms with Crippen LogP contribution in [0.4, 0.5) is 13.2 Å². The molecule has 0 aliphatic rings. The molecule has 0 aromatic rings. The smallest absolute Gasteiger partial charge is 0.422 e. The Morgan fingerprint density at radius 3 is 2.26 bits per heavy atom. The summed E-state index contributed by atoms with van der Waals surface area (Å²) in [7, 11) is 0. The third-order valence-corrected chi connectivity index (χ3v) is 2.67. The van der Waals surface area contributed by atoms with E-state index in [9.17, 15) is 18.0 Å². The molecule has 0 spiro atoms. The van der Waals surface area contributed by atoms with Crippen molar-refractivity contribution >= 4 is 5.97 Å². The highest BCUT2D eigenvalue weighted by Gasteiger charge is 2.29. The molecule has 0 aliphatic carbocycles. The molecule has 112 valence electrons. The van der Waals surface area contributed by atoms with Crippen molar-refractivity contribution in [1.29, 1.82) is 0 Å². The minimum Gasteiger partial charge on any atom is -0.453 e. The predicted octanol–water partition coefficient (Wildman–Crippen LogP) is 4.79. The van der Waals surface area contributed by atoms with Crippen molar-refractivity contribution in [1.82, 2.24) is 0 Å². The fraction of sp³-hybridized carbons (Fsp3) is 0.786. The standard InChI is InChI=1S/C14H23F3O2/c1-3-4-5-6-7-8-9-12(2)10-13(18)19-11-14(15,16)17/h10H,3-9,11H2,1-2H3/b12-10+. The minimum atomic E-state index is -4.46. The number of esters is 1. The predicted molar refractivity (Wildman–Crippen MR) is 68.8 cm³/mol. The quantitative estimate of drug-likeness (QED) is 0.345. The zero-order chi connectivity index (χ0) is 14.7. The average Bonchev–Trinajstić information content (AvgIpc) is 2.30. The van der Waals surface area contributed by atoms with Crippen LogP contribution in [-0.4, -0.2) is 18.8 Å². The van der Waals surface area contributed by atoms with E-state index in [0.717, 1.165) is 30.9 Å². The van der Waals surface area contributed by atoms with Gasteiger partial charge in [-0.2, -0.15) is 13.2 Å². The van der Waals surface area contributed by atoms with Crippen LogP contribution in [0.2, 0.25) is 0 Å². The van der Waals surface area contributed by atoms with Gasteiger partial charge in [0.2, 0.25) is 0 Å². The maximum Gasteiger partial charge on any atom is 0.422 e. The van der Waals surface area contributed by atoms with E-state index in [-0.39, 0.29) is 0 Å². The van der Waals surface area contributed by atoms with Crippen molar-refractivity contribution in [2.45, 2.75) is 65.0 Å². The highest BCUT2D eigenvalue weighted by Crippen LogP contribution is 2.15. The van der Waals surface area contributed by atoms with Gasteiger partial charge in [-0.25, -0.2) is 4.79 Å². The van der Waals surface area contributed by atoms with E-state index in [2.05, 4.69) is 11.7 Å². The van der Waals surface area contributed by atoms with Gasteiger partial charge in [-0.1, -0.05) is 44.6 Å². The molecular weight excluding hydrogens is 257 g/mol. The summed E-state index contributed by atoms with van der Waals surface area (Å²) in [6.45, 7) is 2.37. The molecule has 0 unspecified atom stereocenters. The van der Waals surface area contributed by atoms with Crippen LogP contribution >= 0.6 is 0 Å². The molecule has 0 radical (unpaired) electrons. The molecule has 0 aromatic carbocycles. The first-order valence-corrected chi connectivity index (χ1v) is 6.76. The second-order valence-corrected chi connectivity index (χ2v) is 4.73. The molecule has 0 saturated carbocycles. The maximum atomic E-state index is 11.8. The van der Waals surface area contributed by atoms with Gasteiger partial charge < -0.3 is 4.74 Å². The number of alkyl halides is 3. The van der Waals surface area contributed by atoms with Crippen LogP contribution in [0.3, 0.4) is 0 Å². The summed E-state index contributed by atoms with van der Waals surface area (Å²) in [5.41, 5.74) is 0.766. The molecule has 0 rings (SSSR count). The molecule has 0 aliphatic heterocycles. The summed E-state index contributed by atoms with van der Waals surface area (Å²) >= 11 is 0. The first-order chi connectivity index (χ1) is 8.85. The number of allylic oxidation sites excluding steroid dienone is 1. The lowest BCUT2D eigenvalue weighted by molar-refractivity contribution is -0.182. The number of carbonyl (C=O) groups is 1. The number of rotatable bonds is 9. The molecule has 0 heterocycles. The lowest BCUT2D eigenvalue weighted by Crippen LogP contribution is -2.19. The van der Waals surface area contributed by atoms with Crippen molar-refractivity contribution in [3.63, 3.8) is 0 Å². The van der Waals surface area contributed by atoms with Gasteiger partial charge in [0.05, 0.1) is 0 Å². The second kappa shape index (κ2) is 9.87. The Balaban J connectivity index is 3.71. The normalized spacial score (nSPS) is 12.6. The third kappa shape index (κ3) is 13.2. The van der Waals surface area contributed by atoms with Gasteiger partial charge in [-0.3, -0.25) is 0 Å². The molecular formula is C14H23F3O2. The Morgan fingerprint density at radius 2 is 1.68 bits per heavy atom. The van der Waals surface area contributed by atoms with Crippen molar-refractivity contribution in [3.05, 3.63) is 11.6 Å². The third-order valence-electron chi connectivity index (χ3n) is 2.67. The van der Waals surface area contributed by atoms with Crippen molar-refractivity contribution in [3.8, 4) is 0 Å². The first kappa shape index (κ1) is 18.0. The zero-order valence-corrected chi connectivity index (χ0v) is 11.7. The van der Waals surface area contributed by atoms with Gasteiger partial charge in [-0.05, 0) is 19.8 Å².